The molecule has 2 heterocycles. The van der Waals surface area contributed by atoms with Crippen molar-refractivity contribution in [1.82, 2.24) is 9.88 Å². The Kier molecular flexibility index (Phi) is 4.18. The van der Waals surface area contributed by atoms with Gasteiger partial charge in [-0.05, 0) is 38.3 Å². The van der Waals surface area contributed by atoms with Crippen molar-refractivity contribution in [3.8, 4) is 11.1 Å². The van der Waals surface area contributed by atoms with Gasteiger partial charge < -0.3 is 15.4 Å². The molecule has 5 nitrogen and oxygen atoms in total. The van der Waals surface area contributed by atoms with Crippen LogP contribution in [0.15, 0.2) is 36.5 Å². The summed E-state index contributed by atoms with van der Waals surface area (Å²) in [4.78, 5) is 18.5. The number of anilines is 1. The first-order valence-corrected chi connectivity index (χ1v) is 8.15. The molecule has 24 heavy (non-hydrogen) atoms. The SMILES string of the molecule is CC(C)(C)OC(=O)N1CCc2c(ncc(N)c2-c2ccccc2)C1. The number of carbonyl (C=O) groups excluding carboxylic acids is 1. The quantitative estimate of drug-likeness (QED) is 0.869. The van der Waals surface area contributed by atoms with Crippen molar-refractivity contribution in [2.75, 3.05) is 12.3 Å². The molecule has 1 aromatic heterocycles. The fraction of sp³-hybridized carbons (Fsp3) is 0.368. The summed E-state index contributed by atoms with van der Waals surface area (Å²) in [6, 6.07) is 10.1. The van der Waals surface area contributed by atoms with E-state index in [1.54, 1.807) is 11.1 Å². The Balaban J connectivity index is 1.90. The number of amides is 1. The first kappa shape index (κ1) is 16.3. The summed E-state index contributed by atoms with van der Waals surface area (Å²) in [5, 5.41) is 0. The zero-order valence-corrected chi connectivity index (χ0v) is 14.4. The van der Waals surface area contributed by atoms with Gasteiger partial charge in [-0.15, -0.1) is 0 Å². The zero-order valence-electron chi connectivity index (χ0n) is 14.4. The summed E-state index contributed by atoms with van der Waals surface area (Å²) in [6.45, 7) is 6.66. The number of aromatic nitrogens is 1. The van der Waals surface area contributed by atoms with Gasteiger partial charge in [-0.1, -0.05) is 30.3 Å². The van der Waals surface area contributed by atoms with Crippen molar-refractivity contribution in [2.45, 2.75) is 39.3 Å². The van der Waals surface area contributed by atoms with Gasteiger partial charge in [-0.3, -0.25) is 4.98 Å². The van der Waals surface area contributed by atoms with E-state index in [-0.39, 0.29) is 6.09 Å². The number of ether oxygens (including phenoxy) is 1. The fourth-order valence-corrected chi connectivity index (χ4v) is 2.95. The van der Waals surface area contributed by atoms with Crippen LogP contribution in [0.25, 0.3) is 11.1 Å². The number of rotatable bonds is 1. The lowest BCUT2D eigenvalue weighted by Crippen LogP contribution is -2.40. The Bertz CT molecular complexity index is 751. The predicted octanol–water partition coefficient (Wildman–Crippen LogP) is 3.62. The Labute approximate surface area is 142 Å². The summed E-state index contributed by atoms with van der Waals surface area (Å²) in [5.41, 5.74) is 10.5. The van der Waals surface area contributed by atoms with Gasteiger partial charge in [0, 0.05) is 12.1 Å². The number of nitrogens with zero attached hydrogens (tertiary/aromatic N) is 2. The first-order valence-electron chi connectivity index (χ1n) is 8.15. The highest BCUT2D eigenvalue weighted by molar-refractivity contribution is 5.80. The van der Waals surface area contributed by atoms with Gasteiger partial charge in [-0.25, -0.2) is 4.79 Å². The molecular formula is C19H23N3O2. The van der Waals surface area contributed by atoms with E-state index in [0.717, 1.165) is 28.8 Å². The number of carbonyl (C=O) groups is 1. The second-order valence-electron chi connectivity index (χ2n) is 7.03. The summed E-state index contributed by atoms with van der Waals surface area (Å²) in [6.07, 6.45) is 2.10. The molecule has 0 saturated heterocycles. The molecule has 0 atom stereocenters. The standard InChI is InChI=1S/C19H23N3O2/c1-19(2,3)24-18(23)22-10-9-14-16(12-22)21-11-15(20)17(14)13-7-5-4-6-8-13/h4-8,11H,9-10,12,20H2,1-3H3. The van der Waals surface area contributed by atoms with E-state index in [2.05, 4.69) is 4.98 Å². The molecule has 0 radical (unpaired) electrons. The van der Waals surface area contributed by atoms with E-state index in [0.29, 0.717) is 18.8 Å². The van der Waals surface area contributed by atoms with Crippen LogP contribution in [0.1, 0.15) is 32.0 Å². The summed E-state index contributed by atoms with van der Waals surface area (Å²) >= 11 is 0. The normalized spacial score (nSPS) is 14.2. The molecule has 2 N–H and O–H groups in total. The van der Waals surface area contributed by atoms with E-state index in [1.807, 2.05) is 51.1 Å². The van der Waals surface area contributed by atoms with Gasteiger partial charge in [0.25, 0.3) is 0 Å². The maximum Gasteiger partial charge on any atom is 0.410 e. The molecule has 1 amide bonds. The number of pyridine rings is 1. The monoisotopic (exact) mass is 325 g/mol. The smallest absolute Gasteiger partial charge is 0.410 e. The first-order chi connectivity index (χ1) is 11.3. The van der Waals surface area contributed by atoms with Crippen LogP contribution in [0.2, 0.25) is 0 Å². The molecule has 0 saturated carbocycles. The third-order valence-corrected chi connectivity index (χ3v) is 3.98. The lowest BCUT2D eigenvalue weighted by atomic mass is 9.93. The van der Waals surface area contributed by atoms with Crippen LogP contribution in [0.4, 0.5) is 10.5 Å². The summed E-state index contributed by atoms with van der Waals surface area (Å²) in [5.74, 6) is 0. The van der Waals surface area contributed by atoms with Gasteiger partial charge >= 0.3 is 6.09 Å². The fourth-order valence-electron chi connectivity index (χ4n) is 2.95. The highest BCUT2D eigenvalue weighted by atomic mass is 16.6. The second kappa shape index (κ2) is 6.15. The molecule has 3 rings (SSSR count). The zero-order chi connectivity index (χ0) is 17.3. The lowest BCUT2D eigenvalue weighted by Gasteiger charge is -2.31. The van der Waals surface area contributed by atoms with Gasteiger partial charge in [0.15, 0.2) is 0 Å². The summed E-state index contributed by atoms with van der Waals surface area (Å²) < 4.78 is 5.47. The van der Waals surface area contributed by atoms with Crippen molar-refractivity contribution >= 4 is 11.8 Å². The Morgan fingerprint density at radius 1 is 1.25 bits per heavy atom. The molecule has 2 aromatic rings. The molecule has 0 fully saturated rings. The van der Waals surface area contributed by atoms with Crippen LogP contribution >= 0.6 is 0 Å². The molecule has 0 unspecified atom stereocenters. The highest BCUT2D eigenvalue weighted by Gasteiger charge is 2.28. The van der Waals surface area contributed by atoms with Crippen LogP contribution < -0.4 is 5.73 Å². The number of hydrogen-bond donors (Lipinski definition) is 1. The van der Waals surface area contributed by atoms with Crippen molar-refractivity contribution in [2.24, 2.45) is 0 Å². The molecule has 1 aliphatic heterocycles. The minimum atomic E-state index is -0.499. The van der Waals surface area contributed by atoms with Crippen LogP contribution in [0.5, 0.6) is 0 Å². The molecule has 0 aliphatic carbocycles. The summed E-state index contributed by atoms with van der Waals surface area (Å²) in [7, 11) is 0. The number of nitrogen functional groups attached to an aromatic ring is 1. The number of nitrogens with two attached hydrogens (primary N) is 1. The maximum absolute atomic E-state index is 12.3. The molecule has 0 bridgehead atoms. The van der Waals surface area contributed by atoms with Crippen molar-refractivity contribution < 1.29 is 9.53 Å². The van der Waals surface area contributed by atoms with E-state index in [1.165, 1.54) is 0 Å². The minimum Gasteiger partial charge on any atom is -0.444 e. The molecule has 5 heteroatoms. The topological polar surface area (TPSA) is 68.5 Å². The van der Waals surface area contributed by atoms with Crippen LogP contribution in [-0.4, -0.2) is 28.1 Å². The van der Waals surface area contributed by atoms with Crippen molar-refractivity contribution in [3.05, 3.63) is 47.8 Å². The third kappa shape index (κ3) is 3.35. The average molecular weight is 325 g/mol. The Morgan fingerprint density at radius 2 is 1.96 bits per heavy atom. The molecule has 126 valence electrons. The van der Waals surface area contributed by atoms with E-state index in [9.17, 15) is 4.79 Å². The average Bonchev–Trinajstić information content (AvgIpc) is 2.53. The Hall–Kier alpha value is -2.56. The lowest BCUT2D eigenvalue weighted by molar-refractivity contribution is 0.0221. The van der Waals surface area contributed by atoms with E-state index >= 15 is 0 Å². The van der Waals surface area contributed by atoms with Crippen molar-refractivity contribution in [1.29, 1.82) is 0 Å². The molecule has 1 aromatic carbocycles. The highest BCUT2D eigenvalue weighted by Crippen LogP contribution is 2.33. The van der Waals surface area contributed by atoms with Crippen LogP contribution in [0, 0.1) is 0 Å². The van der Waals surface area contributed by atoms with Crippen LogP contribution in [-0.2, 0) is 17.7 Å². The number of fused-ring (bicyclic) bond motifs is 1. The van der Waals surface area contributed by atoms with Gasteiger partial charge in [-0.2, -0.15) is 0 Å². The Morgan fingerprint density at radius 3 is 2.62 bits per heavy atom. The van der Waals surface area contributed by atoms with Crippen LogP contribution in [0.3, 0.4) is 0 Å². The van der Waals surface area contributed by atoms with Gasteiger partial charge in [0.2, 0.25) is 0 Å². The van der Waals surface area contributed by atoms with Gasteiger partial charge in [0.05, 0.1) is 24.1 Å². The second-order valence-corrected chi connectivity index (χ2v) is 7.03. The van der Waals surface area contributed by atoms with Crippen molar-refractivity contribution in [3.63, 3.8) is 0 Å². The van der Waals surface area contributed by atoms with E-state index in [4.69, 9.17) is 10.5 Å². The largest absolute Gasteiger partial charge is 0.444 e. The maximum atomic E-state index is 12.3. The third-order valence-electron chi connectivity index (χ3n) is 3.98. The minimum absolute atomic E-state index is 0.298. The predicted molar refractivity (Wildman–Crippen MR) is 94.4 cm³/mol. The van der Waals surface area contributed by atoms with E-state index < -0.39 is 5.60 Å². The molecule has 0 spiro atoms. The number of benzene rings is 1. The number of hydrogen-bond acceptors (Lipinski definition) is 4. The van der Waals surface area contributed by atoms with Gasteiger partial charge in [0.1, 0.15) is 5.60 Å². The molecular weight excluding hydrogens is 302 g/mol. The molecule has 1 aliphatic rings.